The van der Waals surface area contributed by atoms with Gasteiger partial charge < -0.3 is 10.1 Å². The predicted octanol–water partition coefficient (Wildman–Crippen LogP) is 4.99. The standard InChI is InChI=1S/C26H24N8O/c1-17-5-4-13-28-25(17)26-22(10-8-18(2)29-26)35-21-12-14-27-24(16-21)30-20-7-3-6-19(15-20)9-11-23-31-33-34-32-23/h3-8,10,12-16H,9,11H2,1-2H3,(H,27,30)(H,31,32,33,34). The quantitative estimate of drug-likeness (QED) is 0.330. The molecule has 0 radical (unpaired) electrons. The molecule has 0 atom stereocenters. The Hall–Kier alpha value is -4.66. The number of hydrogen-bond donors (Lipinski definition) is 2. The fourth-order valence-corrected chi connectivity index (χ4v) is 3.70. The van der Waals surface area contributed by atoms with Gasteiger partial charge in [-0.05, 0) is 67.8 Å². The summed E-state index contributed by atoms with van der Waals surface area (Å²) in [6, 6.07) is 19.6. The molecule has 0 aliphatic rings. The van der Waals surface area contributed by atoms with Gasteiger partial charge in [-0.15, -0.1) is 10.2 Å². The number of hydrogen-bond acceptors (Lipinski definition) is 8. The summed E-state index contributed by atoms with van der Waals surface area (Å²) in [7, 11) is 0. The highest BCUT2D eigenvalue weighted by Gasteiger charge is 2.14. The second-order valence-corrected chi connectivity index (χ2v) is 8.10. The van der Waals surface area contributed by atoms with E-state index in [4.69, 9.17) is 9.72 Å². The summed E-state index contributed by atoms with van der Waals surface area (Å²) in [5.74, 6) is 2.66. The number of nitrogens with one attached hydrogen (secondary N) is 2. The molecule has 0 aliphatic heterocycles. The van der Waals surface area contributed by atoms with Crippen molar-refractivity contribution in [3.8, 4) is 22.9 Å². The molecule has 0 spiro atoms. The van der Waals surface area contributed by atoms with Gasteiger partial charge in [0, 0.05) is 36.3 Å². The summed E-state index contributed by atoms with van der Waals surface area (Å²) in [5.41, 5.74) is 5.54. The van der Waals surface area contributed by atoms with E-state index in [0.29, 0.717) is 35.3 Å². The van der Waals surface area contributed by atoms with Gasteiger partial charge in [0.15, 0.2) is 11.6 Å². The molecule has 0 bridgehead atoms. The van der Waals surface area contributed by atoms with E-state index >= 15 is 0 Å². The fourth-order valence-electron chi connectivity index (χ4n) is 3.70. The van der Waals surface area contributed by atoms with Gasteiger partial charge in [-0.1, -0.05) is 23.4 Å². The third-order valence-electron chi connectivity index (χ3n) is 5.42. The van der Waals surface area contributed by atoms with E-state index in [0.717, 1.165) is 34.6 Å². The van der Waals surface area contributed by atoms with Crippen LogP contribution in [0.4, 0.5) is 11.5 Å². The van der Waals surface area contributed by atoms with Crippen molar-refractivity contribution in [3.05, 3.63) is 95.7 Å². The maximum Gasteiger partial charge on any atom is 0.174 e. The highest BCUT2D eigenvalue weighted by molar-refractivity contribution is 5.66. The van der Waals surface area contributed by atoms with Crippen molar-refractivity contribution in [2.24, 2.45) is 0 Å². The molecule has 5 rings (SSSR count). The smallest absolute Gasteiger partial charge is 0.174 e. The van der Waals surface area contributed by atoms with E-state index in [1.165, 1.54) is 0 Å². The van der Waals surface area contributed by atoms with Crippen LogP contribution >= 0.6 is 0 Å². The molecule has 0 saturated carbocycles. The second-order valence-electron chi connectivity index (χ2n) is 8.10. The van der Waals surface area contributed by atoms with E-state index in [9.17, 15) is 0 Å². The zero-order valence-corrected chi connectivity index (χ0v) is 19.4. The third-order valence-corrected chi connectivity index (χ3v) is 5.42. The van der Waals surface area contributed by atoms with Crippen LogP contribution in [0.2, 0.25) is 0 Å². The lowest BCUT2D eigenvalue weighted by Gasteiger charge is -2.13. The molecule has 0 fully saturated rings. The van der Waals surface area contributed by atoms with E-state index in [1.54, 1.807) is 12.4 Å². The van der Waals surface area contributed by atoms with Crippen molar-refractivity contribution in [2.45, 2.75) is 26.7 Å². The number of benzene rings is 1. The number of aryl methyl sites for hydroxylation is 4. The molecular formula is C26H24N8O. The van der Waals surface area contributed by atoms with Gasteiger partial charge in [-0.3, -0.25) is 4.98 Å². The van der Waals surface area contributed by atoms with Crippen molar-refractivity contribution >= 4 is 11.5 Å². The molecule has 9 nitrogen and oxygen atoms in total. The minimum atomic E-state index is 0.637. The second kappa shape index (κ2) is 10.1. The Morgan fingerprint density at radius 3 is 2.69 bits per heavy atom. The SMILES string of the molecule is Cc1ccc(Oc2ccnc(Nc3cccc(CCc4nn[nH]n4)c3)c2)c(-c2ncccc2C)n1. The van der Waals surface area contributed by atoms with Crippen LogP contribution in [0, 0.1) is 13.8 Å². The van der Waals surface area contributed by atoms with Gasteiger partial charge in [0.2, 0.25) is 0 Å². The molecule has 5 aromatic rings. The summed E-state index contributed by atoms with van der Waals surface area (Å²) < 4.78 is 6.25. The Balaban J connectivity index is 1.34. The van der Waals surface area contributed by atoms with Crippen LogP contribution in [0.3, 0.4) is 0 Å². The summed E-state index contributed by atoms with van der Waals surface area (Å²) in [6.07, 6.45) is 5.00. The molecule has 174 valence electrons. The van der Waals surface area contributed by atoms with Crippen LogP contribution in [0.25, 0.3) is 11.4 Å². The largest absolute Gasteiger partial charge is 0.455 e. The van der Waals surface area contributed by atoms with E-state index < -0.39 is 0 Å². The highest BCUT2D eigenvalue weighted by atomic mass is 16.5. The topological polar surface area (TPSA) is 114 Å². The summed E-state index contributed by atoms with van der Waals surface area (Å²) >= 11 is 0. The number of ether oxygens (including phenoxy) is 1. The van der Waals surface area contributed by atoms with Gasteiger partial charge >= 0.3 is 0 Å². The molecule has 4 aromatic heterocycles. The molecule has 0 amide bonds. The minimum absolute atomic E-state index is 0.637. The summed E-state index contributed by atoms with van der Waals surface area (Å²) in [4.78, 5) is 13.7. The number of anilines is 2. The number of nitrogens with zero attached hydrogens (tertiary/aromatic N) is 6. The maximum atomic E-state index is 6.25. The maximum absolute atomic E-state index is 6.25. The summed E-state index contributed by atoms with van der Waals surface area (Å²) in [6.45, 7) is 3.97. The first kappa shape index (κ1) is 22.1. The van der Waals surface area contributed by atoms with Crippen molar-refractivity contribution in [1.82, 2.24) is 35.6 Å². The van der Waals surface area contributed by atoms with Crippen LogP contribution in [0.1, 0.15) is 22.6 Å². The van der Waals surface area contributed by atoms with Crippen LogP contribution in [0.5, 0.6) is 11.5 Å². The van der Waals surface area contributed by atoms with Crippen molar-refractivity contribution < 1.29 is 4.74 Å². The molecule has 0 aliphatic carbocycles. The number of H-pyrrole nitrogens is 1. The lowest BCUT2D eigenvalue weighted by Crippen LogP contribution is -1.99. The van der Waals surface area contributed by atoms with E-state index in [-0.39, 0.29) is 0 Å². The first-order valence-corrected chi connectivity index (χ1v) is 11.3. The van der Waals surface area contributed by atoms with Gasteiger partial charge in [-0.25, -0.2) is 9.97 Å². The van der Waals surface area contributed by atoms with Gasteiger partial charge in [0.25, 0.3) is 0 Å². The first-order chi connectivity index (χ1) is 17.1. The summed E-state index contributed by atoms with van der Waals surface area (Å²) in [5, 5.41) is 17.5. The number of aromatic amines is 1. The Kier molecular flexibility index (Phi) is 6.38. The molecule has 9 heteroatoms. The fraction of sp³-hybridized carbons (Fsp3) is 0.154. The molecule has 0 unspecified atom stereocenters. The normalized spacial score (nSPS) is 10.8. The molecule has 35 heavy (non-hydrogen) atoms. The average molecular weight is 465 g/mol. The van der Waals surface area contributed by atoms with E-state index in [2.05, 4.69) is 48.0 Å². The molecule has 1 aromatic carbocycles. The Bertz CT molecular complexity index is 1440. The first-order valence-electron chi connectivity index (χ1n) is 11.3. The molecule has 0 saturated heterocycles. The Morgan fingerprint density at radius 2 is 1.83 bits per heavy atom. The van der Waals surface area contributed by atoms with Gasteiger partial charge in [0.1, 0.15) is 17.3 Å². The van der Waals surface area contributed by atoms with E-state index in [1.807, 2.05) is 62.4 Å². The zero-order valence-electron chi connectivity index (χ0n) is 19.4. The number of rotatable bonds is 8. The molecular weight excluding hydrogens is 440 g/mol. The lowest BCUT2D eigenvalue weighted by atomic mass is 10.1. The van der Waals surface area contributed by atoms with Crippen LogP contribution < -0.4 is 10.1 Å². The van der Waals surface area contributed by atoms with Crippen LogP contribution in [-0.4, -0.2) is 35.6 Å². The number of tetrazole rings is 1. The van der Waals surface area contributed by atoms with Crippen LogP contribution in [0.15, 0.2) is 73.1 Å². The Labute approximate surface area is 202 Å². The average Bonchev–Trinajstić information content (AvgIpc) is 3.39. The molecule has 2 N–H and O–H groups in total. The third kappa shape index (κ3) is 5.47. The number of aromatic nitrogens is 7. The van der Waals surface area contributed by atoms with Crippen molar-refractivity contribution in [2.75, 3.05) is 5.32 Å². The Morgan fingerprint density at radius 1 is 0.886 bits per heavy atom. The minimum Gasteiger partial charge on any atom is -0.455 e. The van der Waals surface area contributed by atoms with Crippen LogP contribution in [-0.2, 0) is 12.8 Å². The molecule has 4 heterocycles. The van der Waals surface area contributed by atoms with Gasteiger partial charge in [-0.2, -0.15) is 5.21 Å². The lowest BCUT2D eigenvalue weighted by molar-refractivity contribution is 0.481. The van der Waals surface area contributed by atoms with Crippen molar-refractivity contribution in [3.63, 3.8) is 0 Å². The highest BCUT2D eigenvalue weighted by Crippen LogP contribution is 2.33. The predicted molar refractivity (Wildman–Crippen MR) is 133 cm³/mol. The van der Waals surface area contributed by atoms with Gasteiger partial charge in [0.05, 0.1) is 5.69 Å². The number of pyridine rings is 3. The van der Waals surface area contributed by atoms with Crippen molar-refractivity contribution in [1.29, 1.82) is 0 Å². The monoisotopic (exact) mass is 464 g/mol. The zero-order chi connectivity index (χ0) is 24.0.